The molecule has 0 saturated heterocycles. The Morgan fingerprint density at radius 2 is 1.29 bits per heavy atom. The van der Waals surface area contributed by atoms with Gasteiger partial charge in [0, 0.05) is 11.1 Å². The van der Waals surface area contributed by atoms with Crippen molar-refractivity contribution in [3.63, 3.8) is 0 Å². The number of benzene rings is 3. The second-order valence-electron chi connectivity index (χ2n) is 7.10. The molecule has 4 aromatic rings. The molecule has 1 heterocycles. The van der Waals surface area contributed by atoms with Crippen LogP contribution in [0.25, 0.3) is 32.3 Å². The lowest BCUT2D eigenvalue weighted by atomic mass is 10.0. The molecule has 1 N–H and O–H groups in total. The zero-order chi connectivity index (χ0) is 21.6. The minimum atomic E-state index is -0.941. The van der Waals surface area contributed by atoms with Gasteiger partial charge >= 0.3 is 5.97 Å². The van der Waals surface area contributed by atoms with Gasteiger partial charge in [-0.2, -0.15) is 0 Å². The lowest BCUT2D eigenvalue weighted by Crippen LogP contribution is -1.95. The number of ether oxygens (including phenoxy) is 1. The summed E-state index contributed by atoms with van der Waals surface area (Å²) in [5.74, 6) is -0.0464. The predicted octanol–water partition coefficient (Wildman–Crippen LogP) is 6.42. The van der Waals surface area contributed by atoms with E-state index in [0.29, 0.717) is 0 Å². The van der Waals surface area contributed by atoms with Crippen molar-refractivity contribution in [2.24, 2.45) is 0 Å². The van der Waals surface area contributed by atoms with Gasteiger partial charge in [-0.1, -0.05) is 73.2 Å². The van der Waals surface area contributed by atoms with Crippen LogP contribution in [0.15, 0.2) is 72.8 Å². The monoisotopic (exact) mass is 430 g/mol. The summed E-state index contributed by atoms with van der Waals surface area (Å²) >= 11 is 1.48. The van der Waals surface area contributed by atoms with Crippen molar-refractivity contribution in [3.05, 3.63) is 78.4 Å². The molecule has 4 rings (SSSR count). The van der Waals surface area contributed by atoms with E-state index in [0.717, 1.165) is 57.5 Å². The summed E-state index contributed by atoms with van der Waals surface area (Å²) in [5, 5.41) is 19.2. The van der Waals surface area contributed by atoms with E-state index < -0.39 is 5.97 Å². The quantitative estimate of drug-likeness (QED) is 0.327. The number of carbonyl (C=O) groups is 1. The molecule has 0 radical (unpaired) electrons. The van der Waals surface area contributed by atoms with Gasteiger partial charge in [-0.15, -0.1) is 10.2 Å². The fourth-order valence-electron chi connectivity index (χ4n) is 3.10. The van der Waals surface area contributed by atoms with Crippen molar-refractivity contribution in [1.29, 1.82) is 0 Å². The van der Waals surface area contributed by atoms with Gasteiger partial charge in [0.05, 0.1) is 12.2 Å². The molecular weight excluding hydrogens is 408 g/mol. The number of aromatic carboxylic acids is 1. The van der Waals surface area contributed by atoms with Crippen LogP contribution in [-0.2, 0) is 0 Å². The van der Waals surface area contributed by atoms with Crippen LogP contribution in [-0.4, -0.2) is 27.9 Å². The van der Waals surface area contributed by atoms with E-state index >= 15 is 0 Å². The Morgan fingerprint density at radius 3 is 1.81 bits per heavy atom. The molecule has 1 aromatic heterocycles. The molecular formula is C25H22N2O3S. The van der Waals surface area contributed by atoms with Gasteiger partial charge in [0.2, 0.25) is 0 Å². The molecule has 0 bridgehead atoms. The first-order valence-electron chi connectivity index (χ1n) is 10.1. The molecule has 156 valence electrons. The van der Waals surface area contributed by atoms with Crippen LogP contribution in [0.4, 0.5) is 0 Å². The fraction of sp³-hybridized carbons (Fsp3) is 0.160. The summed E-state index contributed by atoms with van der Waals surface area (Å²) in [6.07, 6.45) is 2.18. The molecule has 0 fully saturated rings. The minimum absolute atomic E-state index is 0.254. The number of hydrogen-bond acceptors (Lipinski definition) is 5. The minimum Gasteiger partial charge on any atom is -0.494 e. The van der Waals surface area contributed by atoms with Crippen molar-refractivity contribution in [2.45, 2.75) is 19.8 Å². The van der Waals surface area contributed by atoms with Crippen LogP contribution in [0.5, 0.6) is 5.75 Å². The molecule has 0 aliphatic heterocycles. The van der Waals surface area contributed by atoms with E-state index in [-0.39, 0.29) is 5.56 Å². The maximum absolute atomic E-state index is 11.0. The highest BCUT2D eigenvalue weighted by Gasteiger charge is 2.10. The van der Waals surface area contributed by atoms with Crippen molar-refractivity contribution >= 4 is 17.3 Å². The molecule has 0 unspecified atom stereocenters. The number of carboxylic acid groups (broad SMARTS) is 1. The van der Waals surface area contributed by atoms with Gasteiger partial charge in [-0.25, -0.2) is 4.79 Å². The smallest absolute Gasteiger partial charge is 0.335 e. The van der Waals surface area contributed by atoms with Crippen LogP contribution < -0.4 is 4.74 Å². The highest BCUT2D eigenvalue weighted by atomic mass is 32.1. The highest BCUT2D eigenvalue weighted by molar-refractivity contribution is 7.17. The molecule has 5 nitrogen and oxygen atoms in total. The Labute approximate surface area is 185 Å². The largest absolute Gasteiger partial charge is 0.494 e. The number of nitrogens with zero attached hydrogens (tertiary/aromatic N) is 2. The lowest BCUT2D eigenvalue weighted by molar-refractivity contribution is 0.0697. The summed E-state index contributed by atoms with van der Waals surface area (Å²) in [6.45, 7) is 2.90. The van der Waals surface area contributed by atoms with Gasteiger partial charge in [-0.3, -0.25) is 0 Å². The number of unbranched alkanes of at least 4 members (excludes halogenated alkanes) is 1. The van der Waals surface area contributed by atoms with Gasteiger partial charge in [0.25, 0.3) is 0 Å². The van der Waals surface area contributed by atoms with E-state index in [1.54, 1.807) is 24.3 Å². The predicted molar refractivity (Wildman–Crippen MR) is 124 cm³/mol. The van der Waals surface area contributed by atoms with Crippen LogP contribution in [0.3, 0.4) is 0 Å². The zero-order valence-electron chi connectivity index (χ0n) is 17.1. The van der Waals surface area contributed by atoms with Gasteiger partial charge in [0.1, 0.15) is 15.8 Å². The molecule has 0 spiro atoms. The van der Waals surface area contributed by atoms with E-state index in [4.69, 9.17) is 9.84 Å². The molecule has 0 aliphatic carbocycles. The van der Waals surface area contributed by atoms with Crippen molar-refractivity contribution < 1.29 is 14.6 Å². The average Bonchev–Trinajstić information content (AvgIpc) is 3.30. The van der Waals surface area contributed by atoms with E-state index in [2.05, 4.69) is 41.4 Å². The van der Waals surface area contributed by atoms with E-state index in [1.165, 1.54) is 11.3 Å². The Bertz CT molecular complexity index is 1150. The topological polar surface area (TPSA) is 72.3 Å². The van der Waals surface area contributed by atoms with Gasteiger partial charge in [-0.05, 0) is 41.8 Å². The SMILES string of the molecule is CCCCOc1ccc(-c2ccc(-c3nnc(-c4ccc(C(=O)O)cc4)s3)cc2)cc1. The van der Waals surface area contributed by atoms with Crippen molar-refractivity contribution in [1.82, 2.24) is 10.2 Å². The summed E-state index contributed by atoms with van der Waals surface area (Å²) in [5.41, 5.74) is 4.36. The number of carboxylic acids is 1. The van der Waals surface area contributed by atoms with Gasteiger partial charge in [0.15, 0.2) is 0 Å². The van der Waals surface area contributed by atoms with Crippen LogP contribution >= 0.6 is 11.3 Å². The first-order valence-corrected chi connectivity index (χ1v) is 11.0. The summed E-state index contributed by atoms with van der Waals surface area (Å²) < 4.78 is 5.73. The van der Waals surface area contributed by atoms with Crippen LogP contribution in [0.1, 0.15) is 30.1 Å². The molecule has 6 heteroatoms. The molecule has 0 atom stereocenters. The second-order valence-corrected chi connectivity index (χ2v) is 8.08. The third-order valence-electron chi connectivity index (χ3n) is 4.89. The van der Waals surface area contributed by atoms with Crippen molar-refractivity contribution in [3.8, 4) is 38.0 Å². The Kier molecular flexibility index (Phi) is 6.38. The fourth-order valence-corrected chi connectivity index (χ4v) is 3.95. The number of rotatable bonds is 8. The molecule has 0 amide bonds. The maximum atomic E-state index is 11.0. The molecule has 3 aromatic carbocycles. The molecule has 31 heavy (non-hydrogen) atoms. The van der Waals surface area contributed by atoms with Gasteiger partial charge < -0.3 is 9.84 Å². The zero-order valence-corrected chi connectivity index (χ0v) is 17.9. The average molecular weight is 431 g/mol. The first-order chi connectivity index (χ1) is 15.1. The van der Waals surface area contributed by atoms with Crippen LogP contribution in [0.2, 0.25) is 0 Å². The Hall–Kier alpha value is -3.51. The lowest BCUT2D eigenvalue weighted by Gasteiger charge is -2.07. The number of aromatic nitrogens is 2. The molecule has 0 saturated carbocycles. The third kappa shape index (κ3) is 4.98. The highest BCUT2D eigenvalue weighted by Crippen LogP contribution is 2.31. The van der Waals surface area contributed by atoms with E-state index in [9.17, 15) is 4.79 Å². The number of hydrogen-bond donors (Lipinski definition) is 1. The summed E-state index contributed by atoms with van der Waals surface area (Å²) in [7, 11) is 0. The standard InChI is InChI=1S/C25H22N2O3S/c1-2-3-16-30-22-14-12-18(13-15-22)17-4-6-19(7-5-17)23-26-27-24(31-23)20-8-10-21(11-9-20)25(28)29/h4-15H,2-3,16H2,1H3,(H,28,29). The van der Waals surface area contributed by atoms with Crippen molar-refractivity contribution in [2.75, 3.05) is 6.61 Å². The van der Waals surface area contributed by atoms with E-state index in [1.807, 2.05) is 24.3 Å². The van der Waals surface area contributed by atoms with Crippen LogP contribution in [0, 0.1) is 0 Å². The Morgan fingerprint density at radius 1 is 0.806 bits per heavy atom. The molecule has 0 aliphatic rings. The Balaban J connectivity index is 1.46. The normalized spacial score (nSPS) is 10.7. The summed E-state index contributed by atoms with van der Waals surface area (Å²) in [6, 6.07) is 23.0. The third-order valence-corrected chi connectivity index (χ3v) is 5.91. The first kappa shape index (κ1) is 20.8. The second kappa shape index (κ2) is 9.53. The summed E-state index contributed by atoms with van der Waals surface area (Å²) in [4.78, 5) is 11.0. The maximum Gasteiger partial charge on any atom is 0.335 e.